The number of nitrogens with zero attached hydrogens (tertiary/aromatic N) is 2. The normalized spacial score (nSPS) is 12.4. The highest BCUT2D eigenvalue weighted by Gasteiger charge is 2.14. The molecule has 3 N–H and O–H groups in total. The molecule has 0 aliphatic rings. The summed E-state index contributed by atoms with van der Waals surface area (Å²) in [5.41, 5.74) is 3.98. The maximum atomic E-state index is 13.8. The second-order valence-electron chi connectivity index (χ2n) is 3.81. The van der Waals surface area contributed by atoms with Crippen molar-refractivity contribution in [2.24, 2.45) is 5.84 Å². The fourth-order valence-corrected chi connectivity index (χ4v) is 1.90. The highest BCUT2D eigenvalue weighted by Crippen LogP contribution is 2.23. The van der Waals surface area contributed by atoms with E-state index < -0.39 is 5.82 Å². The molecule has 94 valence electrons. The van der Waals surface area contributed by atoms with Crippen LogP contribution in [-0.4, -0.2) is 10.2 Å². The zero-order valence-corrected chi connectivity index (χ0v) is 10.2. The Kier molecular flexibility index (Phi) is 4.19. The van der Waals surface area contributed by atoms with Crippen LogP contribution in [0, 0.1) is 5.82 Å². The molecule has 1 aromatic carbocycles. The van der Waals surface area contributed by atoms with Gasteiger partial charge in [-0.2, -0.15) is 10.2 Å². The van der Waals surface area contributed by atoms with Gasteiger partial charge in [-0.3, -0.25) is 11.3 Å². The van der Waals surface area contributed by atoms with Crippen molar-refractivity contribution in [1.82, 2.24) is 15.6 Å². The van der Waals surface area contributed by atoms with Gasteiger partial charge in [0.2, 0.25) is 0 Å². The van der Waals surface area contributed by atoms with Crippen LogP contribution in [0.2, 0.25) is 5.02 Å². The van der Waals surface area contributed by atoms with Crippen molar-refractivity contribution in [3.63, 3.8) is 0 Å². The van der Waals surface area contributed by atoms with Crippen LogP contribution in [0.4, 0.5) is 4.39 Å². The van der Waals surface area contributed by atoms with E-state index in [-0.39, 0.29) is 11.1 Å². The van der Waals surface area contributed by atoms with E-state index in [0.717, 1.165) is 5.56 Å². The summed E-state index contributed by atoms with van der Waals surface area (Å²) >= 11 is 5.74. The summed E-state index contributed by atoms with van der Waals surface area (Å²) in [6.07, 6.45) is 3.54. The molecule has 0 saturated carbocycles. The first-order valence-electron chi connectivity index (χ1n) is 5.38. The Balaban J connectivity index is 2.24. The maximum absolute atomic E-state index is 13.8. The summed E-state index contributed by atoms with van der Waals surface area (Å²) in [6, 6.07) is 6.44. The molecule has 0 bridgehead atoms. The van der Waals surface area contributed by atoms with Crippen LogP contribution >= 0.6 is 11.6 Å². The van der Waals surface area contributed by atoms with Gasteiger partial charge < -0.3 is 0 Å². The van der Waals surface area contributed by atoms with Crippen molar-refractivity contribution in [1.29, 1.82) is 0 Å². The van der Waals surface area contributed by atoms with Crippen LogP contribution in [0.3, 0.4) is 0 Å². The van der Waals surface area contributed by atoms with Gasteiger partial charge in [0.25, 0.3) is 0 Å². The van der Waals surface area contributed by atoms with Crippen LogP contribution in [-0.2, 0) is 6.42 Å². The van der Waals surface area contributed by atoms with Crippen molar-refractivity contribution in [2.75, 3.05) is 0 Å². The maximum Gasteiger partial charge on any atom is 0.145 e. The highest BCUT2D eigenvalue weighted by molar-refractivity contribution is 6.30. The van der Waals surface area contributed by atoms with E-state index in [1.807, 2.05) is 0 Å². The van der Waals surface area contributed by atoms with E-state index in [9.17, 15) is 4.39 Å². The Hall–Kier alpha value is -1.56. The predicted octanol–water partition coefficient (Wildman–Crippen LogP) is 2.02. The molecule has 2 aromatic rings. The monoisotopic (exact) mass is 266 g/mol. The zero-order chi connectivity index (χ0) is 13.0. The van der Waals surface area contributed by atoms with Gasteiger partial charge in [-0.05, 0) is 29.7 Å². The minimum atomic E-state index is -0.415. The molecule has 1 unspecified atom stereocenters. The van der Waals surface area contributed by atoms with Crippen molar-refractivity contribution in [2.45, 2.75) is 12.5 Å². The fraction of sp³-hybridized carbons (Fsp3) is 0.167. The largest absolute Gasteiger partial charge is 0.271 e. The summed E-state index contributed by atoms with van der Waals surface area (Å²) in [5, 5.41) is 7.56. The minimum Gasteiger partial charge on any atom is -0.271 e. The molecule has 0 fully saturated rings. The molecular weight excluding hydrogens is 255 g/mol. The van der Waals surface area contributed by atoms with Gasteiger partial charge in [0.05, 0.1) is 17.3 Å². The highest BCUT2D eigenvalue weighted by atomic mass is 35.5. The molecule has 0 amide bonds. The number of benzene rings is 1. The van der Waals surface area contributed by atoms with Gasteiger partial charge in [-0.1, -0.05) is 23.7 Å². The zero-order valence-electron chi connectivity index (χ0n) is 9.48. The number of hydrogen-bond donors (Lipinski definition) is 2. The Morgan fingerprint density at radius 2 is 2.17 bits per heavy atom. The van der Waals surface area contributed by atoms with E-state index in [1.54, 1.807) is 30.6 Å². The Bertz CT molecular complexity index is 521. The average molecular weight is 267 g/mol. The molecule has 0 spiro atoms. The molecule has 2 rings (SSSR count). The molecule has 0 aliphatic heterocycles. The molecule has 1 aromatic heterocycles. The van der Waals surface area contributed by atoms with E-state index >= 15 is 0 Å². The number of aromatic nitrogens is 2. The summed E-state index contributed by atoms with van der Waals surface area (Å²) in [4.78, 5) is 0. The van der Waals surface area contributed by atoms with Crippen molar-refractivity contribution < 1.29 is 4.39 Å². The lowest BCUT2D eigenvalue weighted by Crippen LogP contribution is -2.30. The topological polar surface area (TPSA) is 63.8 Å². The van der Waals surface area contributed by atoms with Crippen molar-refractivity contribution in [3.8, 4) is 0 Å². The summed E-state index contributed by atoms with van der Waals surface area (Å²) in [5.74, 6) is 5.07. The van der Waals surface area contributed by atoms with Crippen LogP contribution in [0.1, 0.15) is 17.2 Å². The first-order valence-corrected chi connectivity index (χ1v) is 5.75. The number of halogens is 2. The molecule has 6 heteroatoms. The van der Waals surface area contributed by atoms with Crippen LogP contribution < -0.4 is 11.3 Å². The van der Waals surface area contributed by atoms with Crippen molar-refractivity contribution >= 4 is 11.6 Å². The van der Waals surface area contributed by atoms with Crippen LogP contribution in [0.15, 0.2) is 36.7 Å². The molecule has 1 atom stereocenters. The van der Waals surface area contributed by atoms with Gasteiger partial charge in [-0.25, -0.2) is 4.39 Å². The third-order valence-electron chi connectivity index (χ3n) is 2.67. The number of hydrazine groups is 1. The third-order valence-corrected chi connectivity index (χ3v) is 2.96. The summed E-state index contributed by atoms with van der Waals surface area (Å²) < 4.78 is 13.8. The average Bonchev–Trinajstić information content (AvgIpc) is 2.41. The van der Waals surface area contributed by atoms with Gasteiger partial charge in [0.15, 0.2) is 0 Å². The minimum absolute atomic E-state index is 0.108. The summed E-state index contributed by atoms with van der Waals surface area (Å²) in [6.45, 7) is 0. The lowest BCUT2D eigenvalue weighted by molar-refractivity contribution is 0.527. The standard InChI is InChI=1S/C12H12ClFN4/c13-10-3-1-2-8(12(10)14)6-11(18-15)9-4-5-16-17-7-9/h1-5,7,11,18H,6,15H2. The molecule has 1 heterocycles. The Morgan fingerprint density at radius 3 is 2.83 bits per heavy atom. The Morgan fingerprint density at radius 1 is 1.33 bits per heavy atom. The molecule has 18 heavy (non-hydrogen) atoms. The van der Waals surface area contributed by atoms with E-state index in [0.29, 0.717) is 12.0 Å². The van der Waals surface area contributed by atoms with Crippen LogP contribution in [0.25, 0.3) is 0 Å². The van der Waals surface area contributed by atoms with E-state index in [2.05, 4.69) is 15.6 Å². The SMILES string of the molecule is NNC(Cc1cccc(Cl)c1F)c1ccnnc1. The fourth-order valence-electron chi connectivity index (χ4n) is 1.71. The van der Waals surface area contributed by atoms with Crippen LogP contribution in [0.5, 0.6) is 0 Å². The first-order chi connectivity index (χ1) is 8.72. The first kappa shape index (κ1) is 12.9. The number of nitrogens with one attached hydrogen (secondary N) is 1. The number of hydrogen-bond acceptors (Lipinski definition) is 4. The van der Waals surface area contributed by atoms with E-state index in [4.69, 9.17) is 17.4 Å². The molecule has 0 radical (unpaired) electrons. The van der Waals surface area contributed by atoms with Gasteiger partial charge >= 0.3 is 0 Å². The van der Waals surface area contributed by atoms with Gasteiger partial charge in [-0.15, -0.1) is 0 Å². The quantitative estimate of drug-likeness (QED) is 0.656. The van der Waals surface area contributed by atoms with Gasteiger partial charge in [0.1, 0.15) is 5.82 Å². The van der Waals surface area contributed by atoms with Gasteiger partial charge in [0, 0.05) is 6.20 Å². The second kappa shape index (κ2) is 5.86. The lowest BCUT2D eigenvalue weighted by atomic mass is 10.0. The molecule has 4 nitrogen and oxygen atoms in total. The Labute approximate surface area is 109 Å². The number of nitrogens with two attached hydrogens (primary N) is 1. The smallest absolute Gasteiger partial charge is 0.145 e. The second-order valence-corrected chi connectivity index (χ2v) is 4.22. The molecular formula is C12H12ClFN4. The predicted molar refractivity (Wildman–Crippen MR) is 67.2 cm³/mol. The summed E-state index contributed by atoms with van der Waals surface area (Å²) in [7, 11) is 0. The molecule has 0 aliphatic carbocycles. The van der Waals surface area contributed by atoms with E-state index in [1.165, 1.54) is 6.07 Å². The molecule has 0 saturated heterocycles. The lowest BCUT2D eigenvalue weighted by Gasteiger charge is -2.16. The number of rotatable bonds is 4. The van der Waals surface area contributed by atoms with Crippen molar-refractivity contribution in [3.05, 3.63) is 58.6 Å². The third kappa shape index (κ3) is 2.81.